The number of rotatable bonds is 7. The normalized spacial score (nSPS) is 11.0. The Morgan fingerprint density at radius 2 is 1.92 bits per heavy atom. The fourth-order valence-corrected chi connectivity index (χ4v) is 2.24. The van der Waals surface area contributed by atoms with Gasteiger partial charge in [0.1, 0.15) is 12.2 Å². The van der Waals surface area contributed by atoms with Gasteiger partial charge in [0.05, 0.1) is 6.54 Å². The van der Waals surface area contributed by atoms with E-state index in [0.29, 0.717) is 6.54 Å². The molecule has 6 nitrogen and oxygen atoms in total. The number of benzene rings is 1. The Hall–Kier alpha value is -1.64. The van der Waals surface area contributed by atoms with E-state index in [4.69, 9.17) is 0 Å². The number of hydrogen-bond donors (Lipinski definition) is 2. The Bertz CT molecular complexity index is 620. The summed E-state index contributed by atoms with van der Waals surface area (Å²) >= 11 is 0. The first kappa shape index (κ1) is 20.4. The molecule has 0 spiro atoms. The van der Waals surface area contributed by atoms with E-state index in [1.807, 2.05) is 0 Å². The maximum Gasteiger partial charge on any atom is 0.191 e. The molecule has 0 aliphatic heterocycles. The largest absolute Gasteiger partial charge is 0.357 e. The SMILES string of the molecule is CCNC(=NCc1ccc(C)cc1)NCCn1cnnc1CC.I. The first-order valence-electron chi connectivity index (χ1n) is 8.17. The third-order valence-electron chi connectivity index (χ3n) is 3.54. The molecule has 7 heteroatoms. The van der Waals surface area contributed by atoms with E-state index >= 15 is 0 Å². The van der Waals surface area contributed by atoms with Crippen molar-refractivity contribution in [1.82, 2.24) is 25.4 Å². The van der Waals surface area contributed by atoms with Crippen LogP contribution in [0.2, 0.25) is 0 Å². The van der Waals surface area contributed by atoms with Crippen LogP contribution in [-0.4, -0.2) is 33.8 Å². The van der Waals surface area contributed by atoms with Gasteiger partial charge in [0, 0.05) is 26.1 Å². The minimum atomic E-state index is 0. The number of nitrogens with zero attached hydrogens (tertiary/aromatic N) is 4. The van der Waals surface area contributed by atoms with Crippen molar-refractivity contribution in [3.63, 3.8) is 0 Å². The maximum absolute atomic E-state index is 4.63. The monoisotopic (exact) mass is 442 g/mol. The van der Waals surface area contributed by atoms with E-state index in [0.717, 1.165) is 37.8 Å². The first-order valence-corrected chi connectivity index (χ1v) is 8.17. The minimum Gasteiger partial charge on any atom is -0.357 e. The van der Waals surface area contributed by atoms with Crippen LogP contribution in [0.1, 0.15) is 30.8 Å². The second kappa shape index (κ2) is 11.0. The molecule has 0 aliphatic carbocycles. The molecule has 1 aromatic carbocycles. The standard InChI is InChI=1S/C17H26N6.HI/c1-4-16-22-21-13-23(16)11-10-19-17(18-5-2)20-12-15-8-6-14(3)7-9-15;/h6-9,13H,4-5,10-12H2,1-3H3,(H2,18,19,20);1H. The molecule has 24 heavy (non-hydrogen) atoms. The van der Waals surface area contributed by atoms with Crippen LogP contribution in [0.15, 0.2) is 35.6 Å². The molecule has 0 bridgehead atoms. The summed E-state index contributed by atoms with van der Waals surface area (Å²) < 4.78 is 2.07. The molecule has 0 fully saturated rings. The highest BCUT2D eigenvalue weighted by atomic mass is 127. The number of hydrogen-bond acceptors (Lipinski definition) is 3. The summed E-state index contributed by atoms with van der Waals surface area (Å²) in [5, 5.41) is 14.7. The number of guanidine groups is 1. The van der Waals surface area contributed by atoms with Crippen molar-refractivity contribution in [1.29, 1.82) is 0 Å². The maximum atomic E-state index is 4.63. The van der Waals surface area contributed by atoms with Gasteiger partial charge in [-0.1, -0.05) is 36.8 Å². The lowest BCUT2D eigenvalue weighted by Gasteiger charge is -2.12. The predicted octanol–water partition coefficient (Wildman–Crippen LogP) is 2.52. The van der Waals surface area contributed by atoms with E-state index in [2.05, 4.69) is 75.4 Å². The van der Waals surface area contributed by atoms with Crippen molar-refractivity contribution in [3.05, 3.63) is 47.5 Å². The highest BCUT2D eigenvalue weighted by Crippen LogP contribution is 2.04. The van der Waals surface area contributed by atoms with E-state index in [1.165, 1.54) is 11.1 Å². The van der Waals surface area contributed by atoms with Gasteiger partial charge in [-0.25, -0.2) is 4.99 Å². The Morgan fingerprint density at radius 3 is 2.58 bits per heavy atom. The van der Waals surface area contributed by atoms with Gasteiger partial charge in [0.15, 0.2) is 5.96 Å². The van der Waals surface area contributed by atoms with Crippen LogP contribution in [0.25, 0.3) is 0 Å². The molecule has 2 aromatic rings. The van der Waals surface area contributed by atoms with Crippen molar-refractivity contribution in [2.45, 2.75) is 40.3 Å². The van der Waals surface area contributed by atoms with Crippen LogP contribution in [0.4, 0.5) is 0 Å². The molecule has 0 aliphatic rings. The molecule has 132 valence electrons. The molecule has 1 aromatic heterocycles. The van der Waals surface area contributed by atoms with Crippen molar-refractivity contribution >= 4 is 29.9 Å². The fraction of sp³-hybridized carbons (Fsp3) is 0.471. The Morgan fingerprint density at radius 1 is 1.17 bits per heavy atom. The van der Waals surface area contributed by atoms with Crippen molar-refractivity contribution in [2.24, 2.45) is 4.99 Å². The zero-order valence-corrected chi connectivity index (χ0v) is 16.9. The van der Waals surface area contributed by atoms with Crippen LogP contribution >= 0.6 is 24.0 Å². The van der Waals surface area contributed by atoms with Crippen LogP contribution < -0.4 is 10.6 Å². The third kappa shape index (κ3) is 6.46. The van der Waals surface area contributed by atoms with Gasteiger partial charge in [-0.05, 0) is 19.4 Å². The van der Waals surface area contributed by atoms with E-state index in [1.54, 1.807) is 6.33 Å². The summed E-state index contributed by atoms with van der Waals surface area (Å²) in [6, 6.07) is 8.47. The van der Waals surface area contributed by atoms with Crippen LogP contribution in [-0.2, 0) is 19.5 Å². The van der Waals surface area contributed by atoms with Crippen molar-refractivity contribution in [2.75, 3.05) is 13.1 Å². The molecule has 0 amide bonds. The molecular weight excluding hydrogens is 415 g/mol. The zero-order chi connectivity index (χ0) is 16.5. The predicted molar refractivity (Wildman–Crippen MR) is 109 cm³/mol. The second-order valence-corrected chi connectivity index (χ2v) is 5.40. The van der Waals surface area contributed by atoms with Gasteiger partial charge in [-0.3, -0.25) is 0 Å². The number of aryl methyl sites for hydroxylation is 2. The van der Waals surface area contributed by atoms with Gasteiger partial charge >= 0.3 is 0 Å². The van der Waals surface area contributed by atoms with Gasteiger partial charge in [0.25, 0.3) is 0 Å². The van der Waals surface area contributed by atoms with Gasteiger partial charge in [-0.15, -0.1) is 34.2 Å². The van der Waals surface area contributed by atoms with E-state index in [9.17, 15) is 0 Å². The number of halogens is 1. The molecule has 0 radical (unpaired) electrons. The van der Waals surface area contributed by atoms with Gasteiger partial charge in [0.2, 0.25) is 0 Å². The van der Waals surface area contributed by atoms with Crippen LogP contribution in [0.5, 0.6) is 0 Å². The van der Waals surface area contributed by atoms with Gasteiger partial charge in [-0.2, -0.15) is 0 Å². The molecule has 0 saturated heterocycles. The molecule has 2 rings (SSSR count). The Kier molecular flexibility index (Phi) is 9.36. The molecule has 2 N–H and O–H groups in total. The lowest BCUT2D eigenvalue weighted by atomic mass is 10.1. The van der Waals surface area contributed by atoms with Gasteiger partial charge < -0.3 is 15.2 Å². The summed E-state index contributed by atoms with van der Waals surface area (Å²) in [7, 11) is 0. The van der Waals surface area contributed by atoms with Crippen LogP contribution in [0, 0.1) is 6.92 Å². The van der Waals surface area contributed by atoms with E-state index < -0.39 is 0 Å². The molecule has 0 saturated carbocycles. The molecular formula is C17H27IN6. The highest BCUT2D eigenvalue weighted by Gasteiger charge is 2.02. The van der Waals surface area contributed by atoms with Crippen molar-refractivity contribution < 1.29 is 0 Å². The molecule has 1 heterocycles. The smallest absolute Gasteiger partial charge is 0.191 e. The summed E-state index contributed by atoms with van der Waals surface area (Å²) in [5.74, 6) is 1.84. The average Bonchev–Trinajstić information content (AvgIpc) is 3.01. The Labute approximate surface area is 161 Å². The minimum absolute atomic E-state index is 0. The summed E-state index contributed by atoms with van der Waals surface area (Å²) in [4.78, 5) is 4.63. The number of aliphatic imine (C=N–C) groups is 1. The quantitative estimate of drug-likeness (QED) is 0.393. The Balaban J connectivity index is 0.00000288. The first-order chi connectivity index (χ1) is 11.2. The summed E-state index contributed by atoms with van der Waals surface area (Å²) in [6.45, 7) is 9.36. The summed E-state index contributed by atoms with van der Waals surface area (Å²) in [5.41, 5.74) is 2.48. The zero-order valence-electron chi connectivity index (χ0n) is 14.6. The third-order valence-corrected chi connectivity index (χ3v) is 3.54. The molecule has 0 unspecified atom stereocenters. The lowest BCUT2D eigenvalue weighted by molar-refractivity contribution is 0.632. The number of nitrogens with one attached hydrogen (secondary N) is 2. The lowest BCUT2D eigenvalue weighted by Crippen LogP contribution is -2.38. The van der Waals surface area contributed by atoms with Crippen LogP contribution in [0.3, 0.4) is 0 Å². The van der Waals surface area contributed by atoms with E-state index in [-0.39, 0.29) is 24.0 Å². The highest BCUT2D eigenvalue weighted by molar-refractivity contribution is 14.0. The molecule has 0 atom stereocenters. The fourth-order valence-electron chi connectivity index (χ4n) is 2.24. The average molecular weight is 442 g/mol. The topological polar surface area (TPSA) is 67.1 Å². The van der Waals surface area contributed by atoms with Crippen molar-refractivity contribution in [3.8, 4) is 0 Å². The second-order valence-electron chi connectivity index (χ2n) is 5.40. The number of aromatic nitrogens is 3. The summed E-state index contributed by atoms with van der Waals surface area (Å²) in [6.07, 6.45) is 2.67.